The van der Waals surface area contributed by atoms with Crippen LogP contribution in [0.5, 0.6) is 0 Å². The van der Waals surface area contributed by atoms with E-state index in [0.717, 1.165) is 7.11 Å². The first-order valence-electron chi connectivity index (χ1n) is 12.9. The minimum absolute atomic E-state index is 0.144. The van der Waals surface area contributed by atoms with Crippen molar-refractivity contribution in [2.45, 2.75) is 71.0 Å². The summed E-state index contributed by atoms with van der Waals surface area (Å²) in [4.78, 5) is 64.4. The summed E-state index contributed by atoms with van der Waals surface area (Å²) in [6.45, 7) is 8.10. The summed E-state index contributed by atoms with van der Waals surface area (Å²) in [5, 5.41) is 13.5. The number of amides is 1. The van der Waals surface area contributed by atoms with Gasteiger partial charge in [0, 0.05) is 18.1 Å². The summed E-state index contributed by atoms with van der Waals surface area (Å²) in [6, 6.07) is 4.54. The molecule has 1 saturated heterocycles. The van der Waals surface area contributed by atoms with Gasteiger partial charge in [-0.1, -0.05) is 19.1 Å². The van der Waals surface area contributed by atoms with Crippen LogP contribution >= 0.6 is 0 Å². The van der Waals surface area contributed by atoms with Crippen LogP contribution in [0.2, 0.25) is 0 Å². The van der Waals surface area contributed by atoms with Crippen molar-refractivity contribution >= 4 is 35.7 Å². The zero-order valence-corrected chi connectivity index (χ0v) is 24.0. The van der Waals surface area contributed by atoms with Gasteiger partial charge in [0.2, 0.25) is 5.76 Å². The van der Waals surface area contributed by atoms with Gasteiger partial charge in [0.1, 0.15) is 24.1 Å². The van der Waals surface area contributed by atoms with Crippen molar-refractivity contribution in [1.82, 2.24) is 5.32 Å². The van der Waals surface area contributed by atoms with Crippen LogP contribution in [0.15, 0.2) is 41.1 Å². The van der Waals surface area contributed by atoms with Gasteiger partial charge in [0.25, 0.3) is 5.69 Å². The number of hydrogen-bond donors (Lipinski definition) is 1. The Hall–Kier alpha value is -4.69. The third-order valence-corrected chi connectivity index (χ3v) is 6.12. The molecule has 15 nitrogen and oxygen atoms in total. The number of non-ortho nitro benzene ring substituents is 1. The van der Waals surface area contributed by atoms with Gasteiger partial charge < -0.3 is 28.4 Å². The second-order valence-corrected chi connectivity index (χ2v) is 10.6. The van der Waals surface area contributed by atoms with Crippen LogP contribution in [0.25, 0.3) is 0 Å². The minimum atomic E-state index is -1.26. The molecule has 0 unspecified atom stereocenters. The summed E-state index contributed by atoms with van der Waals surface area (Å²) in [7, 11) is 1.15. The predicted octanol–water partition coefficient (Wildman–Crippen LogP) is 2.99. The summed E-state index contributed by atoms with van der Waals surface area (Å²) in [5.41, 5.74) is -0.455. The molecule has 42 heavy (non-hydrogen) atoms. The zero-order chi connectivity index (χ0) is 31.2. The normalized spacial score (nSPS) is 22.9. The van der Waals surface area contributed by atoms with E-state index >= 15 is 0 Å². The van der Waals surface area contributed by atoms with Gasteiger partial charge in [0.05, 0.1) is 24.5 Å². The molecule has 228 valence electrons. The molecule has 2 aliphatic heterocycles. The highest BCUT2D eigenvalue weighted by Gasteiger charge is 2.48. The van der Waals surface area contributed by atoms with Crippen molar-refractivity contribution < 1.29 is 52.5 Å². The molecule has 0 bridgehead atoms. The number of nitro benzene ring substituents is 1. The lowest BCUT2D eigenvalue weighted by molar-refractivity contribution is -0.384. The highest BCUT2D eigenvalue weighted by molar-refractivity contribution is 5.94. The van der Waals surface area contributed by atoms with E-state index in [1.807, 2.05) is 0 Å². The number of ether oxygens (including phenoxy) is 6. The topological polar surface area (TPSA) is 191 Å². The second kappa shape index (κ2) is 13.3. The molecule has 1 fully saturated rings. The van der Waals surface area contributed by atoms with Crippen molar-refractivity contribution in [3.63, 3.8) is 0 Å². The highest BCUT2D eigenvalue weighted by Crippen LogP contribution is 2.33. The monoisotopic (exact) mass is 591 g/mol. The maximum Gasteiger partial charge on any atom is 0.508 e. The number of aliphatic imine (C=N–C) groups is 1. The number of hydrogen-bond acceptors (Lipinski definition) is 13. The number of carbonyl (C=O) groups excluding carboxylic acids is 4. The van der Waals surface area contributed by atoms with Gasteiger partial charge in [0.15, 0.2) is 12.2 Å². The summed E-state index contributed by atoms with van der Waals surface area (Å²) >= 11 is 0. The van der Waals surface area contributed by atoms with Gasteiger partial charge in [-0.05, 0) is 39.3 Å². The van der Waals surface area contributed by atoms with Crippen LogP contribution in [0.3, 0.4) is 0 Å². The molecule has 1 aromatic carbocycles. The maximum absolute atomic E-state index is 13.0. The molecule has 3 rings (SSSR count). The summed E-state index contributed by atoms with van der Waals surface area (Å²) in [5.74, 6) is -2.26. The molecule has 1 aromatic rings. The molecule has 2 heterocycles. The molecule has 0 radical (unpaired) electrons. The van der Waals surface area contributed by atoms with Crippen molar-refractivity contribution in [1.29, 1.82) is 0 Å². The van der Waals surface area contributed by atoms with E-state index in [-0.39, 0.29) is 30.3 Å². The molecule has 1 N–H and O–H groups in total. The predicted molar refractivity (Wildman–Crippen MR) is 143 cm³/mol. The fourth-order valence-electron chi connectivity index (χ4n) is 4.19. The smallest absolute Gasteiger partial charge is 0.479 e. The largest absolute Gasteiger partial charge is 0.508 e. The number of nitrogens with one attached hydrogen (secondary N) is 1. The van der Waals surface area contributed by atoms with E-state index in [4.69, 9.17) is 28.4 Å². The Kier molecular flexibility index (Phi) is 10.1. The number of carbonyl (C=O) groups is 4. The number of cyclic esters (lactones) is 2. The van der Waals surface area contributed by atoms with Crippen LogP contribution in [0, 0.1) is 16.0 Å². The number of amidine groups is 1. The molecule has 0 saturated carbocycles. The fraction of sp³-hybridized carbons (Fsp3) is 0.519. The quantitative estimate of drug-likeness (QED) is 0.116. The van der Waals surface area contributed by atoms with E-state index in [0.29, 0.717) is 5.56 Å². The number of methoxy groups -OCH3 is 1. The SMILES string of the molecule is COC(=O)C1=C[C@H](N=C(C)NC(=O)OC(C)(C)C)[C@@H](C)[C@H]([C@H](OC(=O)Cc2ccc([N+](=O)[O-])cc2)[C@H]2COC(=O)O2)O1. The Balaban J connectivity index is 1.87. The molecule has 5 atom stereocenters. The molecule has 15 heteroatoms. The lowest BCUT2D eigenvalue weighted by atomic mass is 9.87. The fourth-order valence-corrected chi connectivity index (χ4v) is 4.19. The lowest BCUT2D eigenvalue weighted by Crippen LogP contribution is -2.51. The minimum Gasteiger partial charge on any atom is -0.479 e. The van der Waals surface area contributed by atoms with Crippen LogP contribution in [-0.2, 0) is 44.4 Å². The average Bonchev–Trinajstić information content (AvgIpc) is 3.33. The van der Waals surface area contributed by atoms with Gasteiger partial charge in [-0.2, -0.15) is 0 Å². The molecule has 2 aliphatic rings. The maximum atomic E-state index is 13.0. The van der Waals surface area contributed by atoms with Crippen LogP contribution < -0.4 is 5.32 Å². The highest BCUT2D eigenvalue weighted by atomic mass is 16.8. The van der Waals surface area contributed by atoms with Crippen LogP contribution in [-0.4, -0.2) is 78.6 Å². The number of alkyl carbamates (subject to hydrolysis) is 1. The standard InChI is InChI=1S/C27H33N3O12/c1-14-18(28-15(2)29-25(33)42-27(3,4)5)12-19(24(32)37-6)39-22(14)23(20-13-38-26(34)40-20)41-21(31)11-16-7-9-17(10-8-16)30(35)36/h7-10,12,14,18,20,22-23H,11,13H2,1-6H3,(H,28,29,33)/t14-,18+,20-,22-,23-/m1/s1. The number of rotatable bonds is 8. The van der Waals surface area contributed by atoms with Crippen molar-refractivity contribution in [3.8, 4) is 0 Å². The van der Waals surface area contributed by atoms with E-state index in [1.54, 1.807) is 27.7 Å². The molecule has 0 aliphatic carbocycles. The van der Waals surface area contributed by atoms with E-state index in [1.165, 1.54) is 37.3 Å². The van der Waals surface area contributed by atoms with Crippen molar-refractivity contribution in [2.24, 2.45) is 10.9 Å². The van der Waals surface area contributed by atoms with E-state index < -0.39 is 65.0 Å². The number of nitro groups is 1. The van der Waals surface area contributed by atoms with E-state index in [2.05, 4.69) is 10.3 Å². The third kappa shape index (κ3) is 8.65. The first kappa shape index (κ1) is 31.8. The molecule has 1 amide bonds. The van der Waals surface area contributed by atoms with Crippen molar-refractivity contribution in [3.05, 3.63) is 51.8 Å². The van der Waals surface area contributed by atoms with Crippen LogP contribution in [0.4, 0.5) is 15.3 Å². The van der Waals surface area contributed by atoms with E-state index in [9.17, 15) is 29.3 Å². The zero-order valence-electron chi connectivity index (χ0n) is 24.0. The average molecular weight is 592 g/mol. The number of nitrogens with zero attached hydrogens (tertiary/aromatic N) is 2. The Morgan fingerprint density at radius 3 is 2.40 bits per heavy atom. The van der Waals surface area contributed by atoms with Gasteiger partial charge in [-0.25, -0.2) is 14.4 Å². The summed E-state index contributed by atoms with van der Waals surface area (Å²) < 4.78 is 31.9. The Morgan fingerprint density at radius 2 is 1.86 bits per heavy atom. The number of benzene rings is 1. The molecule has 0 aromatic heterocycles. The molecular formula is C27H33N3O12. The lowest BCUT2D eigenvalue weighted by Gasteiger charge is -2.38. The van der Waals surface area contributed by atoms with Gasteiger partial charge >= 0.3 is 24.2 Å². The Morgan fingerprint density at radius 1 is 1.19 bits per heavy atom. The van der Waals surface area contributed by atoms with Gasteiger partial charge in [-0.15, -0.1) is 0 Å². The van der Waals surface area contributed by atoms with Gasteiger partial charge in [-0.3, -0.25) is 25.2 Å². The third-order valence-electron chi connectivity index (χ3n) is 6.12. The first-order valence-corrected chi connectivity index (χ1v) is 12.9. The van der Waals surface area contributed by atoms with Crippen LogP contribution in [0.1, 0.15) is 40.2 Å². The number of esters is 2. The molecular weight excluding hydrogens is 558 g/mol. The Bertz CT molecular complexity index is 1270. The summed E-state index contributed by atoms with van der Waals surface area (Å²) in [6.07, 6.45) is -4.01. The second-order valence-electron chi connectivity index (χ2n) is 10.6. The first-order chi connectivity index (χ1) is 19.7. The molecule has 0 spiro atoms. The van der Waals surface area contributed by atoms with Crippen molar-refractivity contribution in [2.75, 3.05) is 13.7 Å². The Labute approximate surface area is 241 Å².